The van der Waals surface area contributed by atoms with Crippen LogP contribution in [0.3, 0.4) is 0 Å². The van der Waals surface area contributed by atoms with Crippen molar-refractivity contribution in [2.24, 2.45) is 0 Å². The first-order chi connectivity index (χ1) is 9.79. The lowest BCUT2D eigenvalue weighted by atomic mass is 9.97. The average molecular weight is 304 g/mol. The summed E-state index contributed by atoms with van der Waals surface area (Å²) in [7, 11) is -3.27. The predicted molar refractivity (Wildman–Crippen MR) is 84.1 cm³/mol. The summed E-state index contributed by atoms with van der Waals surface area (Å²) >= 11 is 0. The van der Waals surface area contributed by atoms with Gasteiger partial charge in [0, 0.05) is 6.26 Å². The molecule has 1 N–H and O–H groups in total. The summed E-state index contributed by atoms with van der Waals surface area (Å²) in [4.78, 5) is 0.220. The fourth-order valence-electron chi connectivity index (χ4n) is 2.17. The van der Waals surface area contributed by atoms with Gasteiger partial charge in [-0.1, -0.05) is 50.2 Å². The normalized spacial score (nSPS) is 13.4. The molecule has 0 fully saturated rings. The molecule has 4 heteroatoms. The molecule has 21 heavy (non-hydrogen) atoms. The van der Waals surface area contributed by atoms with E-state index in [1.807, 2.05) is 24.3 Å². The first-order valence-electron chi connectivity index (χ1n) is 6.87. The van der Waals surface area contributed by atoms with Crippen molar-refractivity contribution in [3.05, 3.63) is 65.2 Å². The average Bonchev–Trinajstić information content (AvgIpc) is 2.46. The molecule has 2 rings (SSSR count). The summed E-state index contributed by atoms with van der Waals surface area (Å²) in [6, 6.07) is 14.2. The van der Waals surface area contributed by atoms with E-state index in [1.165, 1.54) is 17.7 Å². The van der Waals surface area contributed by atoms with Crippen LogP contribution >= 0.6 is 0 Å². The van der Waals surface area contributed by atoms with Crippen LogP contribution < -0.4 is 0 Å². The molecule has 0 aliphatic rings. The minimum absolute atomic E-state index is 0.220. The van der Waals surface area contributed by atoms with Crippen molar-refractivity contribution in [3.63, 3.8) is 0 Å². The van der Waals surface area contributed by atoms with Crippen molar-refractivity contribution in [3.8, 4) is 0 Å². The van der Waals surface area contributed by atoms with Crippen LogP contribution in [0.4, 0.5) is 0 Å². The van der Waals surface area contributed by atoms with E-state index in [4.69, 9.17) is 0 Å². The van der Waals surface area contributed by atoms with Gasteiger partial charge in [0.1, 0.15) is 6.10 Å². The quantitative estimate of drug-likeness (QED) is 0.943. The molecule has 2 aromatic rings. The van der Waals surface area contributed by atoms with Crippen LogP contribution in [0.15, 0.2) is 53.4 Å². The molecule has 0 heterocycles. The van der Waals surface area contributed by atoms with Gasteiger partial charge in [-0.25, -0.2) is 8.42 Å². The molecular formula is C17H20O3S. The van der Waals surface area contributed by atoms with Gasteiger partial charge < -0.3 is 5.11 Å². The van der Waals surface area contributed by atoms with Crippen molar-refractivity contribution in [1.29, 1.82) is 0 Å². The van der Waals surface area contributed by atoms with Crippen LogP contribution in [-0.4, -0.2) is 19.8 Å². The molecule has 0 bridgehead atoms. The van der Waals surface area contributed by atoms with E-state index in [0.717, 1.165) is 11.8 Å². The van der Waals surface area contributed by atoms with Crippen molar-refractivity contribution in [1.82, 2.24) is 0 Å². The van der Waals surface area contributed by atoms with Crippen LogP contribution in [0, 0.1) is 0 Å². The topological polar surface area (TPSA) is 54.4 Å². The third-order valence-electron chi connectivity index (χ3n) is 3.52. The largest absolute Gasteiger partial charge is 0.384 e. The van der Waals surface area contributed by atoms with Crippen LogP contribution in [0.25, 0.3) is 0 Å². The Morgan fingerprint density at radius 3 is 2.00 bits per heavy atom. The van der Waals surface area contributed by atoms with Gasteiger partial charge >= 0.3 is 0 Å². The maximum Gasteiger partial charge on any atom is 0.175 e. The monoisotopic (exact) mass is 304 g/mol. The molecule has 0 saturated heterocycles. The summed E-state index contributed by atoms with van der Waals surface area (Å²) in [6.07, 6.45) is 0.337. The fraction of sp³-hybridized carbons (Fsp3) is 0.294. The number of hydrogen-bond acceptors (Lipinski definition) is 3. The standard InChI is InChI=1S/C17H20O3S/c1-12(2)13-7-9-14(10-8-13)17(18)15-5-4-6-16(11-15)21(3,19)20/h4-12,17-18H,1-3H3. The second-order valence-electron chi connectivity index (χ2n) is 5.57. The zero-order chi connectivity index (χ0) is 15.6. The second kappa shape index (κ2) is 6.00. The maximum atomic E-state index is 11.6. The molecular weight excluding hydrogens is 284 g/mol. The maximum absolute atomic E-state index is 11.6. The van der Waals surface area contributed by atoms with E-state index in [2.05, 4.69) is 13.8 Å². The Morgan fingerprint density at radius 2 is 1.48 bits per heavy atom. The molecule has 1 unspecified atom stereocenters. The van der Waals surface area contributed by atoms with Gasteiger partial charge in [0.05, 0.1) is 4.90 Å². The van der Waals surface area contributed by atoms with Crippen LogP contribution in [0.2, 0.25) is 0 Å². The summed E-state index contributed by atoms with van der Waals surface area (Å²) in [6.45, 7) is 4.22. The highest BCUT2D eigenvalue weighted by molar-refractivity contribution is 7.90. The smallest absolute Gasteiger partial charge is 0.175 e. The van der Waals surface area contributed by atoms with Gasteiger partial charge in [-0.05, 0) is 34.7 Å². The number of benzene rings is 2. The molecule has 112 valence electrons. The van der Waals surface area contributed by atoms with Crippen molar-refractivity contribution in [2.75, 3.05) is 6.26 Å². The molecule has 2 aromatic carbocycles. The summed E-state index contributed by atoms with van der Waals surface area (Å²) in [5, 5.41) is 10.4. The highest BCUT2D eigenvalue weighted by Crippen LogP contribution is 2.25. The van der Waals surface area contributed by atoms with Crippen LogP contribution in [0.1, 0.15) is 42.6 Å². The predicted octanol–water partition coefficient (Wildman–Crippen LogP) is 3.30. The third kappa shape index (κ3) is 3.71. The Bertz CT molecular complexity index is 716. The fourth-order valence-corrected chi connectivity index (χ4v) is 2.85. The van der Waals surface area contributed by atoms with Gasteiger partial charge in [0.15, 0.2) is 9.84 Å². The lowest BCUT2D eigenvalue weighted by Crippen LogP contribution is -2.03. The Labute approximate surface area is 126 Å². The van der Waals surface area contributed by atoms with Crippen LogP contribution in [-0.2, 0) is 9.84 Å². The minimum atomic E-state index is -3.27. The highest BCUT2D eigenvalue weighted by Gasteiger charge is 2.14. The van der Waals surface area contributed by atoms with Gasteiger partial charge in [-0.3, -0.25) is 0 Å². The number of rotatable bonds is 4. The van der Waals surface area contributed by atoms with Gasteiger partial charge in [0.25, 0.3) is 0 Å². The Balaban J connectivity index is 2.33. The molecule has 0 aliphatic heterocycles. The minimum Gasteiger partial charge on any atom is -0.384 e. The van der Waals surface area contributed by atoms with Gasteiger partial charge in [0.2, 0.25) is 0 Å². The third-order valence-corrected chi connectivity index (χ3v) is 4.63. The summed E-state index contributed by atoms with van der Waals surface area (Å²) < 4.78 is 23.2. The first-order valence-corrected chi connectivity index (χ1v) is 8.76. The van der Waals surface area contributed by atoms with Gasteiger partial charge in [-0.2, -0.15) is 0 Å². The molecule has 0 radical (unpaired) electrons. The van der Waals surface area contributed by atoms with E-state index < -0.39 is 15.9 Å². The van der Waals surface area contributed by atoms with Crippen molar-refractivity contribution in [2.45, 2.75) is 30.8 Å². The Hall–Kier alpha value is -1.65. The van der Waals surface area contributed by atoms with Gasteiger partial charge in [-0.15, -0.1) is 0 Å². The second-order valence-corrected chi connectivity index (χ2v) is 7.58. The SMILES string of the molecule is CC(C)c1ccc(C(O)c2cccc(S(C)(=O)=O)c2)cc1. The lowest BCUT2D eigenvalue weighted by molar-refractivity contribution is 0.220. The molecule has 3 nitrogen and oxygen atoms in total. The van der Waals surface area contributed by atoms with Crippen LogP contribution in [0.5, 0.6) is 0 Å². The lowest BCUT2D eigenvalue weighted by Gasteiger charge is -2.14. The van der Waals surface area contributed by atoms with E-state index in [9.17, 15) is 13.5 Å². The van der Waals surface area contributed by atoms with E-state index in [1.54, 1.807) is 12.1 Å². The van der Waals surface area contributed by atoms with E-state index >= 15 is 0 Å². The first kappa shape index (κ1) is 15.7. The van der Waals surface area contributed by atoms with Crippen molar-refractivity contribution >= 4 is 9.84 Å². The number of aliphatic hydroxyl groups excluding tert-OH is 1. The Morgan fingerprint density at radius 1 is 0.905 bits per heavy atom. The number of aliphatic hydroxyl groups is 1. The molecule has 0 aromatic heterocycles. The van der Waals surface area contributed by atoms with E-state index in [-0.39, 0.29) is 4.90 Å². The highest BCUT2D eigenvalue weighted by atomic mass is 32.2. The zero-order valence-electron chi connectivity index (χ0n) is 12.4. The van der Waals surface area contributed by atoms with Crippen molar-refractivity contribution < 1.29 is 13.5 Å². The van der Waals surface area contributed by atoms with E-state index in [0.29, 0.717) is 11.5 Å². The summed E-state index contributed by atoms with van der Waals surface area (Å²) in [5.74, 6) is 0.435. The molecule has 0 aliphatic carbocycles. The summed E-state index contributed by atoms with van der Waals surface area (Å²) in [5.41, 5.74) is 2.54. The number of hydrogen-bond donors (Lipinski definition) is 1. The molecule has 0 spiro atoms. The zero-order valence-corrected chi connectivity index (χ0v) is 13.3. The Kier molecular flexibility index (Phi) is 4.49. The molecule has 0 saturated carbocycles. The molecule has 0 amide bonds. The molecule has 1 atom stereocenters. The number of sulfone groups is 1.